The molecule has 29 heavy (non-hydrogen) atoms. The smallest absolute Gasteiger partial charge is 0.316 e. The molecule has 2 heterocycles. The van der Waals surface area contributed by atoms with E-state index in [0.717, 1.165) is 0 Å². The highest BCUT2D eigenvalue weighted by atomic mass is 35.5. The van der Waals surface area contributed by atoms with E-state index in [9.17, 15) is 19.7 Å². The molecule has 12 nitrogen and oxygen atoms in total. The number of aromatic nitrogens is 4. The lowest BCUT2D eigenvalue weighted by atomic mass is 10.2. The molecule has 3 rings (SSSR count). The first-order valence-corrected chi connectivity index (χ1v) is 8.61. The van der Waals surface area contributed by atoms with E-state index < -0.39 is 16.7 Å². The quantitative estimate of drug-likeness (QED) is 0.311. The number of rotatable bonds is 8. The average Bonchev–Trinajstić information content (AvgIpc) is 3.34. The highest BCUT2D eigenvalue weighted by molar-refractivity contribution is 6.30. The fourth-order valence-corrected chi connectivity index (χ4v) is 2.40. The Morgan fingerprint density at radius 1 is 1.17 bits per heavy atom. The molecule has 3 aromatic rings. The number of nitrogens with one attached hydrogen (secondary N) is 2. The summed E-state index contributed by atoms with van der Waals surface area (Å²) in [4.78, 5) is 38.0. The number of non-ortho nitro benzene ring substituents is 1. The Hall–Kier alpha value is -3.80. The van der Waals surface area contributed by atoms with Crippen molar-refractivity contribution in [2.75, 3.05) is 13.1 Å². The van der Waals surface area contributed by atoms with Crippen LogP contribution in [0.2, 0.25) is 5.02 Å². The number of amides is 2. The third kappa shape index (κ3) is 5.35. The second kappa shape index (κ2) is 8.93. The molecule has 0 aliphatic carbocycles. The Morgan fingerprint density at radius 2 is 1.86 bits per heavy atom. The second-order valence-corrected chi connectivity index (χ2v) is 6.12. The monoisotopic (exact) mass is 419 g/mol. The topological polar surface area (TPSA) is 158 Å². The van der Waals surface area contributed by atoms with Crippen molar-refractivity contribution in [1.82, 2.24) is 30.6 Å². The summed E-state index contributed by atoms with van der Waals surface area (Å²) in [6.07, 6.45) is 3.03. The lowest BCUT2D eigenvalue weighted by Crippen LogP contribution is -2.34. The van der Waals surface area contributed by atoms with Crippen LogP contribution in [0.4, 0.5) is 5.69 Å². The third-order valence-corrected chi connectivity index (χ3v) is 3.80. The molecule has 0 saturated heterocycles. The van der Waals surface area contributed by atoms with Crippen molar-refractivity contribution >= 4 is 29.1 Å². The maximum Gasteiger partial charge on any atom is 0.316 e. The first kappa shape index (κ1) is 19.9. The third-order valence-electron chi connectivity index (χ3n) is 3.60. The van der Waals surface area contributed by atoms with E-state index in [1.165, 1.54) is 35.1 Å². The van der Waals surface area contributed by atoms with Crippen LogP contribution in [-0.2, 0) is 6.54 Å². The van der Waals surface area contributed by atoms with Gasteiger partial charge in [0, 0.05) is 37.0 Å². The van der Waals surface area contributed by atoms with Crippen LogP contribution in [0.3, 0.4) is 0 Å². The molecule has 2 aromatic heterocycles. The van der Waals surface area contributed by atoms with Gasteiger partial charge in [-0.25, -0.2) is 0 Å². The fraction of sp³-hybridized carbons (Fsp3) is 0.188. The average molecular weight is 420 g/mol. The van der Waals surface area contributed by atoms with E-state index in [1.54, 1.807) is 6.20 Å². The van der Waals surface area contributed by atoms with Crippen molar-refractivity contribution in [3.05, 3.63) is 69.1 Å². The molecule has 1 aromatic carbocycles. The van der Waals surface area contributed by atoms with Gasteiger partial charge in [0.1, 0.15) is 6.54 Å². The maximum atomic E-state index is 12.0. The van der Waals surface area contributed by atoms with Gasteiger partial charge in [-0.1, -0.05) is 16.8 Å². The van der Waals surface area contributed by atoms with E-state index in [2.05, 4.69) is 25.9 Å². The number of halogens is 1. The molecule has 150 valence electrons. The van der Waals surface area contributed by atoms with Crippen molar-refractivity contribution in [1.29, 1.82) is 0 Å². The molecule has 0 bridgehead atoms. The predicted octanol–water partition coefficient (Wildman–Crippen LogP) is 1.04. The molecule has 0 atom stereocenters. The van der Waals surface area contributed by atoms with Gasteiger partial charge >= 0.3 is 11.8 Å². The number of hydrogen-bond acceptors (Lipinski definition) is 8. The summed E-state index contributed by atoms with van der Waals surface area (Å²) in [6.45, 7) is 0.438. The van der Waals surface area contributed by atoms with Crippen LogP contribution in [0.25, 0.3) is 0 Å². The molecule has 0 unspecified atom stereocenters. The number of benzene rings is 1. The molecule has 0 aliphatic rings. The molecule has 0 fully saturated rings. The van der Waals surface area contributed by atoms with Gasteiger partial charge in [-0.05, 0) is 12.1 Å². The molecule has 0 radical (unpaired) electrons. The van der Waals surface area contributed by atoms with Crippen LogP contribution in [0.1, 0.15) is 26.9 Å². The SMILES string of the molecule is O=C(NCCNC(=O)c1nc(Cn2cc(Cl)cn2)no1)c1ccc([N+](=O)[O-])cc1. The van der Waals surface area contributed by atoms with Crippen molar-refractivity contribution in [3.63, 3.8) is 0 Å². The molecule has 2 amide bonds. The summed E-state index contributed by atoms with van der Waals surface area (Å²) in [5.41, 5.74) is 0.158. The molecule has 2 N–H and O–H groups in total. The van der Waals surface area contributed by atoms with Crippen molar-refractivity contribution in [2.45, 2.75) is 6.54 Å². The summed E-state index contributed by atoms with van der Waals surface area (Å²) >= 11 is 5.77. The minimum atomic E-state index is -0.591. The van der Waals surface area contributed by atoms with Gasteiger partial charge in [0.05, 0.1) is 16.1 Å². The van der Waals surface area contributed by atoms with Gasteiger partial charge in [-0.15, -0.1) is 0 Å². The van der Waals surface area contributed by atoms with E-state index in [-0.39, 0.29) is 42.6 Å². The van der Waals surface area contributed by atoms with E-state index in [0.29, 0.717) is 5.02 Å². The van der Waals surface area contributed by atoms with Gasteiger partial charge in [0.15, 0.2) is 5.82 Å². The minimum Gasteiger partial charge on any atom is -0.350 e. The van der Waals surface area contributed by atoms with Crippen LogP contribution >= 0.6 is 11.6 Å². The Balaban J connectivity index is 1.42. The number of nitro groups is 1. The molecular formula is C16H14ClN7O5. The number of carbonyl (C=O) groups excluding carboxylic acids is 2. The largest absolute Gasteiger partial charge is 0.350 e. The van der Waals surface area contributed by atoms with Crippen LogP contribution in [-0.4, -0.2) is 49.7 Å². The molecule has 13 heteroatoms. The first-order valence-electron chi connectivity index (χ1n) is 8.24. The summed E-state index contributed by atoms with van der Waals surface area (Å²) in [6, 6.07) is 5.17. The number of nitrogens with zero attached hydrogens (tertiary/aromatic N) is 5. The van der Waals surface area contributed by atoms with Crippen LogP contribution < -0.4 is 10.6 Å². The first-order chi connectivity index (χ1) is 13.9. The Kier molecular flexibility index (Phi) is 6.14. The van der Waals surface area contributed by atoms with Gasteiger partial charge in [-0.3, -0.25) is 24.4 Å². The predicted molar refractivity (Wildman–Crippen MR) is 98.4 cm³/mol. The minimum absolute atomic E-state index is 0.108. The highest BCUT2D eigenvalue weighted by Gasteiger charge is 2.15. The normalized spacial score (nSPS) is 10.5. The van der Waals surface area contributed by atoms with Gasteiger partial charge in [0.2, 0.25) is 0 Å². The molecular weight excluding hydrogens is 406 g/mol. The van der Waals surface area contributed by atoms with Crippen molar-refractivity contribution < 1.29 is 19.0 Å². The number of nitro benzene ring substituents is 1. The standard InChI is InChI=1S/C16H14ClN7O5/c17-11-7-20-23(8-11)9-13-21-16(29-22-13)15(26)19-6-5-18-14(25)10-1-3-12(4-2-10)24(27)28/h1-4,7-8H,5-6,9H2,(H,18,25)(H,19,26). The van der Waals surface area contributed by atoms with Crippen LogP contribution in [0, 0.1) is 10.1 Å². The van der Waals surface area contributed by atoms with Crippen molar-refractivity contribution in [2.24, 2.45) is 0 Å². The van der Waals surface area contributed by atoms with Crippen molar-refractivity contribution in [3.8, 4) is 0 Å². The Morgan fingerprint density at radius 3 is 2.48 bits per heavy atom. The van der Waals surface area contributed by atoms with E-state index in [4.69, 9.17) is 16.1 Å². The summed E-state index contributed by atoms with van der Waals surface area (Å²) in [5.74, 6) is -0.986. The fourth-order valence-electron chi connectivity index (χ4n) is 2.24. The Labute approximate surface area is 168 Å². The lowest BCUT2D eigenvalue weighted by molar-refractivity contribution is -0.384. The van der Waals surface area contributed by atoms with Gasteiger partial charge in [-0.2, -0.15) is 10.1 Å². The lowest BCUT2D eigenvalue weighted by Gasteiger charge is -2.05. The van der Waals surface area contributed by atoms with Gasteiger partial charge in [0.25, 0.3) is 11.6 Å². The van der Waals surface area contributed by atoms with E-state index in [1.807, 2.05) is 0 Å². The number of carbonyl (C=O) groups is 2. The maximum absolute atomic E-state index is 12.0. The molecule has 0 aliphatic heterocycles. The summed E-state index contributed by atoms with van der Waals surface area (Å²) in [7, 11) is 0. The highest BCUT2D eigenvalue weighted by Crippen LogP contribution is 2.11. The summed E-state index contributed by atoms with van der Waals surface area (Å²) < 4.78 is 6.38. The molecule has 0 spiro atoms. The zero-order valence-electron chi connectivity index (χ0n) is 14.7. The Bertz CT molecular complexity index is 1030. The summed E-state index contributed by atoms with van der Waals surface area (Å²) in [5, 5.41) is 23.8. The van der Waals surface area contributed by atoms with Crippen LogP contribution in [0.15, 0.2) is 41.2 Å². The molecule has 0 saturated carbocycles. The van der Waals surface area contributed by atoms with E-state index >= 15 is 0 Å². The zero-order chi connectivity index (χ0) is 20.8. The zero-order valence-corrected chi connectivity index (χ0v) is 15.5. The van der Waals surface area contributed by atoms with Crippen LogP contribution in [0.5, 0.6) is 0 Å². The second-order valence-electron chi connectivity index (χ2n) is 5.69. The van der Waals surface area contributed by atoms with Gasteiger partial charge < -0.3 is 15.2 Å². The number of hydrogen-bond donors (Lipinski definition) is 2.